The van der Waals surface area contributed by atoms with Gasteiger partial charge in [0.15, 0.2) is 0 Å². The van der Waals surface area contributed by atoms with Crippen LogP contribution in [0.3, 0.4) is 0 Å². The van der Waals surface area contributed by atoms with Crippen LogP contribution in [0.5, 0.6) is 0 Å². The molecule has 0 radical (unpaired) electrons. The minimum atomic E-state index is -0.110. The number of unbranched alkanes of at least 4 members (excludes halogenated alkanes) is 6. The SMILES string of the molecule is CCCCCCCCCC(=O)Nc1ccc(N2CCCC2)c(C(=O)NC(C)c2ccccc2)c1. The number of amides is 2. The molecule has 0 saturated carbocycles. The second-order valence-electron chi connectivity index (χ2n) is 9.45. The van der Waals surface area contributed by atoms with Gasteiger partial charge in [0.2, 0.25) is 5.91 Å². The predicted octanol–water partition coefficient (Wildman–Crippen LogP) is 6.86. The number of benzene rings is 2. The Balaban J connectivity index is 1.62. The molecular formula is C29H41N3O2. The van der Waals surface area contributed by atoms with E-state index < -0.39 is 0 Å². The van der Waals surface area contributed by atoms with E-state index in [1.54, 1.807) is 0 Å². The fraction of sp³-hybridized carbons (Fsp3) is 0.517. The van der Waals surface area contributed by atoms with Crippen LogP contribution in [0.4, 0.5) is 11.4 Å². The van der Waals surface area contributed by atoms with Gasteiger partial charge in [-0.05, 0) is 49.9 Å². The molecule has 1 unspecified atom stereocenters. The Hall–Kier alpha value is -2.82. The summed E-state index contributed by atoms with van der Waals surface area (Å²) < 4.78 is 0. The van der Waals surface area contributed by atoms with Gasteiger partial charge in [-0.15, -0.1) is 0 Å². The van der Waals surface area contributed by atoms with Gasteiger partial charge in [-0.3, -0.25) is 9.59 Å². The van der Waals surface area contributed by atoms with E-state index >= 15 is 0 Å². The first kappa shape index (κ1) is 25.8. The molecule has 2 aromatic rings. The molecule has 5 nitrogen and oxygen atoms in total. The molecule has 1 fully saturated rings. The Kier molecular flexibility index (Phi) is 10.5. The van der Waals surface area contributed by atoms with Gasteiger partial charge < -0.3 is 15.5 Å². The first-order valence-corrected chi connectivity index (χ1v) is 13.1. The molecule has 184 valence electrons. The van der Waals surface area contributed by atoms with Crippen molar-refractivity contribution in [3.63, 3.8) is 0 Å². The predicted molar refractivity (Wildman–Crippen MR) is 141 cm³/mol. The first-order chi connectivity index (χ1) is 16.6. The van der Waals surface area contributed by atoms with Crippen LogP contribution in [0.25, 0.3) is 0 Å². The number of hydrogen-bond donors (Lipinski definition) is 2. The molecule has 2 amide bonds. The quantitative estimate of drug-likeness (QED) is 0.319. The number of carbonyl (C=O) groups is 2. The number of hydrogen-bond acceptors (Lipinski definition) is 3. The van der Waals surface area contributed by atoms with Crippen LogP contribution in [-0.4, -0.2) is 24.9 Å². The summed E-state index contributed by atoms with van der Waals surface area (Å²) in [6, 6.07) is 15.6. The van der Waals surface area contributed by atoms with E-state index in [9.17, 15) is 9.59 Å². The van der Waals surface area contributed by atoms with E-state index in [0.717, 1.165) is 50.0 Å². The number of nitrogens with zero attached hydrogens (tertiary/aromatic N) is 1. The molecule has 1 aliphatic heterocycles. The molecule has 0 aromatic heterocycles. The van der Waals surface area contributed by atoms with Crippen molar-refractivity contribution < 1.29 is 9.59 Å². The second kappa shape index (κ2) is 13.8. The number of carbonyl (C=O) groups excluding carboxylic acids is 2. The third kappa shape index (κ3) is 7.89. The molecule has 1 heterocycles. The van der Waals surface area contributed by atoms with Crippen molar-refractivity contribution in [2.75, 3.05) is 23.3 Å². The number of nitrogens with one attached hydrogen (secondary N) is 2. The van der Waals surface area contributed by atoms with Crippen molar-refractivity contribution in [2.45, 2.75) is 84.1 Å². The Bertz CT molecular complexity index is 907. The van der Waals surface area contributed by atoms with Crippen LogP contribution in [0.15, 0.2) is 48.5 Å². The Morgan fingerprint density at radius 2 is 1.59 bits per heavy atom. The molecular weight excluding hydrogens is 422 g/mol. The molecule has 0 aliphatic carbocycles. The van der Waals surface area contributed by atoms with Crippen LogP contribution in [-0.2, 0) is 4.79 Å². The normalized spacial score (nSPS) is 14.1. The second-order valence-corrected chi connectivity index (χ2v) is 9.45. The highest BCUT2D eigenvalue weighted by Crippen LogP contribution is 2.28. The fourth-order valence-corrected chi connectivity index (χ4v) is 4.60. The van der Waals surface area contributed by atoms with Crippen LogP contribution in [0, 0.1) is 0 Å². The van der Waals surface area contributed by atoms with Crippen LogP contribution >= 0.6 is 0 Å². The number of anilines is 2. The molecule has 34 heavy (non-hydrogen) atoms. The van der Waals surface area contributed by atoms with E-state index in [1.807, 2.05) is 55.5 Å². The molecule has 0 spiro atoms. The average Bonchev–Trinajstić information content (AvgIpc) is 3.39. The van der Waals surface area contributed by atoms with Gasteiger partial charge in [0.25, 0.3) is 5.91 Å². The van der Waals surface area contributed by atoms with E-state index in [0.29, 0.717) is 17.7 Å². The maximum Gasteiger partial charge on any atom is 0.253 e. The smallest absolute Gasteiger partial charge is 0.253 e. The summed E-state index contributed by atoms with van der Waals surface area (Å²) in [6.07, 6.45) is 11.1. The zero-order valence-electron chi connectivity index (χ0n) is 20.9. The third-order valence-electron chi connectivity index (χ3n) is 6.63. The lowest BCUT2D eigenvalue weighted by atomic mass is 10.1. The monoisotopic (exact) mass is 463 g/mol. The lowest BCUT2D eigenvalue weighted by molar-refractivity contribution is -0.116. The highest BCUT2D eigenvalue weighted by molar-refractivity contribution is 6.02. The Morgan fingerprint density at radius 3 is 2.29 bits per heavy atom. The molecule has 2 N–H and O–H groups in total. The topological polar surface area (TPSA) is 61.4 Å². The van der Waals surface area contributed by atoms with Gasteiger partial charge >= 0.3 is 0 Å². The Morgan fingerprint density at radius 1 is 0.912 bits per heavy atom. The molecule has 2 aromatic carbocycles. The lowest BCUT2D eigenvalue weighted by Crippen LogP contribution is -2.29. The summed E-state index contributed by atoms with van der Waals surface area (Å²) in [4.78, 5) is 28.1. The van der Waals surface area contributed by atoms with Crippen LogP contribution < -0.4 is 15.5 Å². The van der Waals surface area contributed by atoms with Crippen molar-refractivity contribution in [2.24, 2.45) is 0 Å². The maximum atomic E-state index is 13.3. The zero-order chi connectivity index (χ0) is 24.2. The Labute approximate surface area is 205 Å². The molecule has 1 saturated heterocycles. The zero-order valence-corrected chi connectivity index (χ0v) is 20.9. The molecule has 1 atom stereocenters. The van der Waals surface area contributed by atoms with Crippen molar-refractivity contribution >= 4 is 23.2 Å². The highest BCUT2D eigenvalue weighted by Gasteiger charge is 2.21. The van der Waals surface area contributed by atoms with Gasteiger partial charge in [-0.1, -0.05) is 75.8 Å². The minimum Gasteiger partial charge on any atom is -0.371 e. The average molecular weight is 464 g/mol. The van der Waals surface area contributed by atoms with Crippen molar-refractivity contribution in [3.8, 4) is 0 Å². The summed E-state index contributed by atoms with van der Waals surface area (Å²) in [5.41, 5.74) is 3.32. The number of rotatable bonds is 13. The van der Waals surface area contributed by atoms with Gasteiger partial charge in [-0.25, -0.2) is 0 Å². The molecule has 0 bridgehead atoms. The van der Waals surface area contributed by atoms with Crippen molar-refractivity contribution in [3.05, 3.63) is 59.7 Å². The van der Waals surface area contributed by atoms with Crippen molar-refractivity contribution in [1.29, 1.82) is 0 Å². The molecule has 1 aliphatic rings. The van der Waals surface area contributed by atoms with E-state index in [4.69, 9.17) is 0 Å². The highest BCUT2D eigenvalue weighted by atomic mass is 16.2. The van der Waals surface area contributed by atoms with Crippen LogP contribution in [0.1, 0.15) is 100 Å². The van der Waals surface area contributed by atoms with E-state index in [1.165, 1.54) is 32.1 Å². The van der Waals surface area contributed by atoms with Crippen LogP contribution in [0.2, 0.25) is 0 Å². The summed E-state index contributed by atoms with van der Waals surface area (Å²) in [5.74, 6) is -0.0899. The van der Waals surface area contributed by atoms with E-state index in [2.05, 4.69) is 22.5 Å². The maximum absolute atomic E-state index is 13.3. The standard InChI is InChI=1S/C29H41N3O2/c1-3-4-5-6-7-8-12-17-28(33)31-25-18-19-27(32-20-13-14-21-32)26(22-25)29(34)30-23(2)24-15-10-9-11-16-24/h9-11,15-16,18-19,22-23H,3-8,12-14,17,20-21H2,1-2H3,(H,30,34)(H,31,33). The van der Waals surface area contributed by atoms with Gasteiger partial charge in [0.05, 0.1) is 11.6 Å². The summed E-state index contributed by atoms with van der Waals surface area (Å²) in [6.45, 7) is 6.13. The summed E-state index contributed by atoms with van der Waals surface area (Å²) in [5, 5.41) is 6.16. The fourth-order valence-electron chi connectivity index (χ4n) is 4.60. The molecule has 5 heteroatoms. The third-order valence-corrected chi connectivity index (χ3v) is 6.63. The van der Waals surface area contributed by atoms with Gasteiger partial charge in [0.1, 0.15) is 0 Å². The lowest BCUT2D eigenvalue weighted by Gasteiger charge is -2.23. The summed E-state index contributed by atoms with van der Waals surface area (Å²) >= 11 is 0. The largest absolute Gasteiger partial charge is 0.371 e. The first-order valence-electron chi connectivity index (χ1n) is 13.1. The minimum absolute atomic E-state index is 0.0199. The van der Waals surface area contributed by atoms with Gasteiger partial charge in [0, 0.05) is 30.9 Å². The van der Waals surface area contributed by atoms with Gasteiger partial charge in [-0.2, -0.15) is 0 Å². The molecule has 3 rings (SSSR count). The van der Waals surface area contributed by atoms with Crippen molar-refractivity contribution in [1.82, 2.24) is 5.32 Å². The summed E-state index contributed by atoms with van der Waals surface area (Å²) in [7, 11) is 0. The van der Waals surface area contributed by atoms with E-state index in [-0.39, 0.29) is 17.9 Å².